The van der Waals surface area contributed by atoms with E-state index in [0.29, 0.717) is 24.5 Å². The molecule has 0 unspecified atom stereocenters. The molecule has 1 aromatic carbocycles. The van der Waals surface area contributed by atoms with Crippen LogP contribution in [-0.2, 0) is 4.79 Å². The third-order valence-corrected chi connectivity index (χ3v) is 5.25. The highest BCUT2D eigenvalue weighted by atomic mass is 32.1. The molecule has 1 saturated heterocycles. The molecular weight excluding hydrogens is 336 g/mol. The molecule has 1 aliphatic rings. The van der Waals surface area contributed by atoms with Crippen LogP contribution in [0.4, 0.5) is 5.69 Å². The van der Waals surface area contributed by atoms with Gasteiger partial charge in [-0.3, -0.25) is 14.0 Å². The zero-order valence-electron chi connectivity index (χ0n) is 14.1. The molecule has 0 N–H and O–H groups in total. The van der Waals surface area contributed by atoms with Crippen molar-refractivity contribution in [3.63, 3.8) is 0 Å². The zero-order chi connectivity index (χ0) is 17.6. The maximum absolute atomic E-state index is 12.9. The van der Waals surface area contributed by atoms with Crippen molar-refractivity contribution < 1.29 is 9.59 Å². The van der Waals surface area contributed by atoms with Crippen LogP contribution in [0.5, 0.6) is 0 Å². The molecular formula is C18H18N4O2S. The number of nitrogens with zero attached hydrogens (tertiary/aromatic N) is 4. The molecule has 7 heteroatoms. The smallest absolute Gasteiger partial charge is 0.273 e. The number of carbonyl (C=O) groups is 2. The molecule has 1 fully saturated rings. The molecule has 0 spiro atoms. The number of hydrogen-bond donors (Lipinski definition) is 0. The van der Waals surface area contributed by atoms with Gasteiger partial charge in [0.25, 0.3) is 5.91 Å². The fourth-order valence-corrected chi connectivity index (χ4v) is 3.91. The number of fused-ring (bicyclic) bond motifs is 1. The summed E-state index contributed by atoms with van der Waals surface area (Å²) in [6, 6.07) is 7.87. The van der Waals surface area contributed by atoms with Crippen LogP contribution in [0.25, 0.3) is 4.96 Å². The molecule has 0 saturated carbocycles. The van der Waals surface area contributed by atoms with Crippen molar-refractivity contribution in [3.8, 4) is 0 Å². The van der Waals surface area contributed by atoms with Crippen LogP contribution in [0, 0.1) is 13.8 Å². The second kappa shape index (κ2) is 6.00. The molecule has 0 radical (unpaired) electrons. The van der Waals surface area contributed by atoms with E-state index in [1.54, 1.807) is 14.2 Å². The Labute approximate surface area is 149 Å². The summed E-state index contributed by atoms with van der Waals surface area (Å²) in [7, 11) is 0. The second-order valence-corrected chi connectivity index (χ2v) is 7.08. The Morgan fingerprint density at radius 1 is 1.16 bits per heavy atom. The number of carbonyl (C=O) groups excluding carboxylic acids is 2. The third kappa shape index (κ3) is 2.70. The molecule has 6 nitrogen and oxygen atoms in total. The number of thiazole rings is 1. The average Bonchev–Trinajstić information content (AvgIpc) is 3.15. The van der Waals surface area contributed by atoms with Crippen LogP contribution in [0.2, 0.25) is 0 Å². The van der Waals surface area contributed by atoms with E-state index < -0.39 is 0 Å². The summed E-state index contributed by atoms with van der Waals surface area (Å²) < 4.78 is 1.80. The zero-order valence-corrected chi connectivity index (χ0v) is 14.9. The van der Waals surface area contributed by atoms with Gasteiger partial charge in [-0.2, -0.15) is 0 Å². The monoisotopic (exact) mass is 354 g/mol. The van der Waals surface area contributed by atoms with Crippen molar-refractivity contribution in [2.24, 2.45) is 0 Å². The van der Waals surface area contributed by atoms with E-state index in [1.807, 2.05) is 49.7 Å². The van der Waals surface area contributed by atoms with Crippen molar-refractivity contribution in [2.75, 3.05) is 24.5 Å². The Morgan fingerprint density at radius 3 is 2.64 bits per heavy atom. The summed E-state index contributed by atoms with van der Waals surface area (Å²) in [6.45, 7) is 4.94. The minimum atomic E-state index is -0.139. The molecule has 0 atom stereocenters. The molecule has 25 heavy (non-hydrogen) atoms. The van der Waals surface area contributed by atoms with E-state index in [9.17, 15) is 9.59 Å². The van der Waals surface area contributed by atoms with Gasteiger partial charge in [-0.15, -0.1) is 11.3 Å². The van der Waals surface area contributed by atoms with Gasteiger partial charge in [0.05, 0.1) is 5.69 Å². The fraction of sp³-hybridized carbons (Fsp3) is 0.278. The Bertz CT molecular complexity index is 957. The van der Waals surface area contributed by atoms with E-state index in [4.69, 9.17) is 0 Å². The standard InChI is InChI=1S/C18H18N4O2S/c1-12-3-5-14(6-4-12)21-8-7-20(11-15(21)23)17(24)16-13(2)19-18-22(16)9-10-25-18/h3-6,9-10H,7-8,11H2,1-2H3. The number of aromatic nitrogens is 2. The molecule has 2 aromatic heterocycles. The van der Waals surface area contributed by atoms with E-state index >= 15 is 0 Å². The van der Waals surface area contributed by atoms with E-state index in [-0.39, 0.29) is 18.4 Å². The largest absolute Gasteiger partial charge is 0.326 e. The first-order valence-corrected chi connectivity index (χ1v) is 9.01. The predicted molar refractivity (Wildman–Crippen MR) is 97.2 cm³/mol. The van der Waals surface area contributed by atoms with Crippen LogP contribution >= 0.6 is 11.3 Å². The molecule has 128 valence electrons. The first kappa shape index (κ1) is 15.8. The van der Waals surface area contributed by atoms with Crippen molar-refractivity contribution in [1.82, 2.24) is 14.3 Å². The molecule has 0 aliphatic carbocycles. The SMILES string of the molecule is Cc1ccc(N2CCN(C(=O)c3c(C)nc4sccn34)CC2=O)cc1. The van der Waals surface area contributed by atoms with Gasteiger partial charge < -0.3 is 9.80 Å². The molecule has 4 rings (SSSR count). The van der Waals surface area contributed by atoms with Crippen molar-refractivity contribution >= 4 is 33.8 Å². The Hall–Kier alpha value is -2.67. The summed E-state index contributed by atoms with van der Waals surface area (Å²) in [5.41, 5.74) is 3.28. The second-order valence-electron chi connectivity index (χ2n) is 6.21. The lowest BCUT2D eigenvalue weighted by atomic mass is 10.2. The Kier molecular flexibility index (Phi) is 3.80. The Balaban J connectivity index is 1.55. The summed E-state index contributed by atoms with van der Waals surface area (Å²) in [6.07, 6.45) is 1.84. The first-order chi connectivity index (χ1) is 12.0. The predicted octanol–water partition coefficient (Wildman–Crippen LogP) is 2.50. The minimum absolute atomic E-state index is 0.0628. The van der Waals surface area contributed by atoms with Crippen LogP contribution in [0.3, 0.4) is 0 Å². The van der Waals surface area contributed by atoms with Gasteiger partial charge in [0.2, 0.25) is 5.91 Å². The van der Waals surface area contributed by atoms with Gasteiger partial charge >= 0.3 is 0 Å². The quantitative estimate of drug-likeness (QED) is 0.710. The molecule has 3 aromatic rings. The first-order valence-electron chi connectivity index (χ1n) is 8.13. The number of imidazole rings is 1. The number of aryl methyl sites for hydroxylation is 2. The lowest BCUT2D eigenvalue weighted by molar-refractivity contribution is -0.120. The number of piperazine rings is 1. The van der Waals surface area contributed by atoms with Crippen LogP contribution in [0.15, 0.2) is 35.8 Å². The molecule has 3 heterocycles. The van der Waals surface area contributed by atoms with Crippen molar-refractivity contribution in [1.29, 1.82) is 0 Å². The fourth-order valence-electron chi connectivity index (χ4n) is 3.15. The summed E-state index contributed by atoms with van der Waals surface area (Å²) in [5.74, 6) is -0.201. The van der Waals surface area contributed by atoms with Crippen molar-refractivity contribution in [3.05, 3.63) is 52.8 Å². The normalized spacial score (nSPS) is 15.2. The summed E-state index contributed by atoms with van der Waals surface area (Å²) in [4.78, 5) is 34.1. The van der Waals surface area contributed by atoms with Crippen LogP contribution in [0.1, 0.15) is 21.7 Å². The van der Waals surface area contributed by atoms with Gasteiger partial charge in [0.15, 0.2) is 4.96 Å². The Morgan fingerprint density at radius 2 is 1.92 bits per heavy atom. The maximum atomic E-state index is 12.9. The number of rotatable bonds is 2. The van der Waals surface area contributed by atoms with E-state index in [2.05, 4.69) is 4.98 Å². The van der Waals surface area contributed by atoms with Gasteiger partial charge in [0, 0.05) is 30.4 Å². The van der Waals surface area contributed by atoms with Crippen LogP contribution in [-0.4, -0.2) is 45.7 Å². The van der Waals surface area contributed by atoms with Gasteiger partial charge in [-0.1, -0.05) is 17.7 Å². The number of amides is 2. The van der Waals surface area contributed by atoms with Gasteiger partial charge in [-0.05, 0) is 26.0 Å². The lowest BCUT2D eigenvalue weighted by Gasteiger charge is -2.34. The highest BCUT2D eigenvalue weighted by molar-refractivity contribution is 7.15. The third-order valence-electron chi connectivity index (χ3n) is 4.49. The van der Waals surface area contributed by atoms with Crippen molar-refractivity contribution in [2.45, 2.75) is 13.8 Å². The number of benzene rings is 1. The van der Waals surface area contributed by atoms with E-state index in [1.165, 1.54) is 11.3 Å². The molecule has 1 aliphatic heterocycles. The lowest BCUT2D eigenvalue weighted by Crippen LogP contribution is -2.52. The van der Waals surface area contributed by atoms with E-state index in [0.717, 1.165) is 16.2 Å². The summed E-state index contributed by atoms with van der Waals surface area (Å²) >= 11 is 1.49. The highest BCUT2D eigenvalue weighted by Crippen LogP contribution is 2.21. The average molecular weight is 354 g/mol. The van der Waals surface area contributed by atoms with Gasteiger partial charge in [-0.25, -0.2) is 4.98 Å². The minimum Gasteiger partial charge on any atom is -0.326 e. The topological polar surface area (TPSA) is 57.9 Å². The molecule has 0 bridgehead atoms. The highest BCUT2D eigenvalue weighted by Gasteiger charge is 2.31. The number of anilines is 1. The maximum Gasteiger partial charge on any atom is 0.273 e. The molecule has 2 amide bonds. The van der Waals surface area contributed by atoms with Gasteiger partial charge in [0.1, 0.15) is 12.2 Å². The number of hydrogen-bond acceptors (Lipinski definition) is 4. The van der Waals surface area contributed by atoms with Crippen LogP contribution < -0.4 is 4.90 Å². The summed E-state index contributed by atoms with van der Waals surface area (Å²) in [5, 5.41) is 1.90.